The molecule has 24 heavy (non-hydrogen) atoms. The molecule has 6 nitrogen and oxygen atoms in total. The van der Waals surface area contributed by atoms with Crippen LogP contribution in [0.1, 0.15) is 30.3 Å². The van der Waals surface area contributed by atoms with Crippen molar-refractivity contribution >= 4 is 5.91 Å². The molecule has 7 heteroatoms. The topological polar surface area (TPSA) is 63.1 Å². The van der Waals surface area contributed by atoms with Gasteiger partial charge < -0.3 is 10.2 Å². The minimum absolute atomic E-state index is 0.109. The third kappa shape index (κ3) is 4.17. The molecular weight excluding hydrogens is 309 g/mol. The van der Waals surface area contributed by atoms with Crippen molar-refractivity contribution in [2.45, 2.75) is 26.8 Å². The summed E-state index contributed by atoms with van der Waals surface area (Å²) in [7, 11) is 3.98. The van der Waals surface area contributed by atoms with Crippen LogP contribution in [0.25, 0.3) is 5.69 Å². The lowest BCUT2D eigenvalue weighted by Gasteiger charge is -2.27. The SMILES string of the molecule is Cc1nc(C(=O)NC[C@H](C(C)C)N(C)C)nn1-c1ccc(F)cc1. The lowest BCUT2D eigenvalue weighted by atomic mass is 10.0. The van der Waals surface area contributed by atoms with Crippen LogP contribution in [0.15, 0.2) is 24.3 Å². The van der Waals surface area contributed by atoms with Crippen molar-refractivity contribution in [3.05, 3.63) is 41.7 Å². The Morgan fingerprint density at radius 2 is 1.92 bits per heavy atom. The molecule has 1 aromatic carbocycles. The molecule has 0 unspecified atom stereocenters. The summed E-state index contributed by atoms with van der Waals surface area (Å²) in [6.07, 6.45) is 0. The van der Waals surface area contributed by atoms with Gasteiger partial charge in [0.05, 0.1) is 5.69 Å². The summed E-state index contributed by atoms with van der Waals surface area (Å²) in [5.74, 6) is 0.453. The van der Waals surface area contributed by atoms with E-state index >= 15 is 0 Å². The van der Waals surface area contributed by atoms with Gasteiger partial charge in [0, 0.05) is 12.6 Å². The van der Waals surface area contributed by atoms with E-state index in [4.69, 9.17) is 0 Å². The maximum absolute atomic E-state index is 13.0. The van der Waals surface area contributed by atoms with E-state index in [1.165, 1.54) is 16.8 Å². The number of aryl methyl sites for hydroxylation is 1. The van der Waals surface area contributed by atoms with Crippen LogP contribution in [-0.2, 0) is 0 Å². The molecule has 2 aromatic rings. The lowest BCUT2D eigenvalue weighted by Crippen LogP contribution is -2.43. The standard InChI is InChI=1S/C17H24FN5O/c1-11(2)15(22(4)5)10-19-17(24)16-20-12(3)23(21-16)14-8-6-13(18)7-9-14/h6-9,11,15H,10H2,1-5H3,(H,19,24)/t15-/m1/s1. The molecule has 0 saturated heterocycles. The summed E-state index contributed by atoms with van der Waals surface area (Å²) in [4.78, 5) is 18.6. The van der Waals surface area contributed by atoms with Crippen molar-refractivity contribution < 1.29 is 9.18 Å². The quantitative estimate of drug-likeness (QED) is 0.879. The first-order valence-electron chi connectivity index (χ1n) is 7.93. The number of hydrogen-bond acceptors (Lipinski definition) is 4. The van der Waals surface area contributed by atoms with Crippen molar-refractivity contribution in [1.29, 1.82) is 0 Å². The van der Waals surface area contributed by atoms with Gasteiger partial charge in [0.2, 0.25) is 5.82 Å². The van der Waals surface area contributed by atoms with Crippen LogP contribution in [0.3, 0.4) is 0 Å². The van der Waals surface area contributed by atoms with Crippen LogP contribution in [0.5, 0.6) is 0 Å². The molecule has 0 radical (unpaired) electrons. The second-order valence-electron chi connectivity index (χ2n) is 6.36. The predicted octanol–water partition coefficient (Wildman–Crippen LogP) is 2.03. The number of likely N-dealkylation sites (N-methyl/N-ethyl adjacent to an activating group) is 1. The number of nitrogens with zero attached hydrogens (tertiary/aromatic N) is 4. The van der Waals surface area contributed by atoms with Crippen LogP contribution in [0, 0.1) is 18.7 Å². The summed E-state index contributed by atoms with van der Waals surface area (Å²) < 4.78 is 14.6. The van der Waals surface area contributed by atoms with Gasteiger partial charge in [0.1, 0.15) is 11.6 Å². The highest BCUT2D eigenvalue weighted by Crippen LogP contribution is 2.11. The monoisotopic (exact) mass is 333 g/mol. The number of aromatic nitrogens is 3. The maximum Gasteiger partial charge on any atom is 0.291 e. The van der Waals surface area contributed by atoms with E-state index in [1.54, 1.807) is 19.1 Å². The van der Waals surface area contributed by atoms with Crippen LogP contribution < -0.4 is 5.32 Å². The second kappa shape index (κ2) is 7.53. The molecule has 0 aliphatic heterocycles. The summed E-state index contributed by atoms with van der Waals surface area (Å²) >= 11 is 0. The van der Waals surface area contributed by atoms with Gasteiger partial charge in [-0.15, -0.1) is 5.10 Å². The summed E-state index contributed by atoms with van der Waals surface area (Å²) in [5, 5.41) is 7.12. The highest BCUT2D eigenvalue weighted by Gasteiger charge is 2.20. The number of rotatable bonds is 6. The largest absolute Gasteiger partial charge is 0.348 e. The first kappa shape index (κ1) is 18.1. The molecule has 1 aromatic heterocycles. The Bertz CT molecular complexity index is 686. The molecule has 0 aliphatic carbocycles. The van der Waals surface area contributed by atoms with E-state index in [-0.39, 0.29) is 23.6 Å². The van der Waals surface area contributed by atoms with E-state index in [2.05, 4.69) is 34.1 Å². The number of nitrogens with one attached hydrogen (secondary N) is 1. The fourth-order valence-corrected chi connectivity index (χ4v) is 2.60. The van der Waals surface area contributed by atoms with E-state index in [0.29, 0.717) is 24.0 Å². The molecule has 1 atom stereocenters. The van der Waals surface area contributed by atoms with Crippen molar-refractivity contribution in [1.82, 2.24) is 25.0 Å². The maximum atomic E-state index is 13.0. The van der Waals surface area contributed by atoms with E-state index in [1.807, 2.05) is 14.1 Å². The lowest BCUT2D eigenvalue weighted by molar-refractivity contribution is 0.0924. The highest BCUT2D eigenvalue weighted by molar-refractivity contribution is 5.90. The number of amides is 1. The molecule has 0 spiro atoms. The smallest absolute Gasteiger partial charge is 0.291 e. The molecule has 0 aliphatic rings. The zero-order chi connectivity index (χ0) is 17.9. The molecule has 0 fully saturated rings. The van der Waals surface area contributed by atoms with Gasteiger partial charge in [-0.1, -0.05) is 13.8 Å². The van der Waals surface area contributed by atoms with Crippen LogP contribution in [-0.4, -0.2) is 52.3 Å². The van der Waals surface area contributed by atoms with E-state index in [9.17, 15) is 9.18 Å². The zero-order valence-electron chi connectivity index (χ0n) is 14.7. The summed E-state index contributed by atoms with van der Waals surface area (Å²) in [5.41, 5.74) is 0.661. The molecule has 0 saturated carbocycles. The van der Waals surface area contributed by atoms with Crippen molar-refractivity contribution in [3.8, 4) is 5.69 Å². The molecular formula is C17H24FN5O. The minimum atomic E-state index is -0.321. The molecule has 0 bridgehead atoms. The van der Waals surface area contributed by atoms with Crippen molar-refractivity contribution in [3.63, 3.8) is 0 Å². The average Bonchev–Trinajstić information content (AvgIpc) is 2.89. The number of carbonyl (C=O) groups is 1. The molecule has 1 heterocycles. The van der Waals surface area contributed by atoms with Crippen molar-refractivity contribution in [2.75, 3.05) is 20.6 Å². The van der Waals surface area contributed by atoms with E-state index in [0.717, 1.165) is 0 Å². The van der Waals surface area contributed by atoms with Crippen LogP contribution >= 0.6 is 0 Å². The zero-order valence-corrected chi connectivity index (χ0v) is 14.7. The normalized spacial score (nSPS) is 12.7. The fourth-order valence-electron chi connectivity index (χ4n) is 2.60. The molecule has 1 amide bonds. The first-order valence-corrected chi connectivity index (χ1v) is 7.93. The molecule has 130 valence electrons. The Morgan fingerprint density at radius 3 is 2.46 bits per heavy atom. The highest BCUT2D eigenvalue weighted by atomic mass is 19.1. The number of benzene rings is 1. The Labute approximate surface area is 141 Å². The Balaban J connectivity index is 2.11. The molecule has 1 N–H and O–H groups in total. The summed E-state index contributed by atoms with van der Waals surface area (Å²) in [6.45, 7) is 6.50. The van der Waals surface area contributed by atoms with Gasteiger partial charge >= 0.3 is 0 Å². The number of hydrogen-bond donors (Lipinski definition) is 1. The van der Waals surface area contributed by atoms with Gasteiger partial charge in [-0.25, -0.2) is 14.1 Å². The van der Waals surface area contributed by atoms with Crippen LogP contribution in [0.4, 0.5) is 4.39 Å². The third-order valence-corrected chi connectivity index (χ3v) is 3.95. The second-order valence-corrected chi connectivity index (χ2v) is 6.36. The van der Waals surface area contributed by atoms with Gasteiger partial charge in [-0.3, -0.25) is 4.79 Å². The Morgan fingerprint density at radius 1 is 1.29 bits per heavy atom. The first-order chi connectivity index (χ1) is 11.3. The van der Waals surface area contributed by atoms with Gasteiger partial charge in [-0.2, -0.15) is 0 Å². The summed E-state index contributed by atoms with van der Waals surface area (Å²) in [6, 6.07) is 6.12. The van der Waals surface area contributed by atoms with Gasteiger partial charge in [0.25, 0.3) is 5.91 Å². The van der Waals surface area contributed by atoms with Gasteiger partial charge in [0.15, 0.2) is 0 Å². The Kier molecular flexibility index (Phi) is 5.66. The van der Waals surface area contributed by atoms with Crippen molar-refractivity contribution in [2.24, 2.45) is 5.92 Å². The number of halogens is 1. The van der Waals surface area contributed by atoms with E-state index < -0.39 is 0 Å². The van der Waals surface area contributed by atoms with Gasteiger partial charge in [-0.05, 0) is 51.2 Å². The molecule has 2 rings (SSSR count). The third-order valence-electron chi connectivity index (χ3n) is 3.95. The van der Waals surface area contributed by atoms with Crippen LogP contribution in [0.2, 0.25) is 0 Å². The average molecular weight is 333 g/mol. The fraction of sp³-hybridized carbons (Fsp3) is 0.471. The predicted molar refractivity (Wildman–Crippen MR) is 90.7 cm³/mol. The minimum Gasteiger partial charge on any atom is -0.348 e. The number of carbonyl (C=O) groups excluding carboxylic acids is 1. The Hall–Kier alpha value is -2.28.